The number of nitrogens with zero attached hydrogens (tertiary/aromatic N) is 1. The van der Waals surface area contributed by atoms with Gasteiger partial charge in [-0.2, -0.15) is 0 Å². The average Bonchev–Trinajstić information content (AvgIpc) is 2.10. The van der Waals surface area contributed by atoms with Crippen LogP contribution in [0.25, 0.3) is 0 Å². The molecule has 3 nitrogen and oxygen atoms in total. The van der Waals surface area contributed by atoms with Crippen molar-refractivity contribution in [3.63, 3.8) is 0 Å². The van der Waals surface area contributed by atoms with Gasteiger partial charge in [-0.3, -0.25) is 4.98 Å². The number of aryl methyl sites for hydroxylation is 1. The quantitative estimate of drug-likeness (QED) is 0.703. The molecule has 1 aromatic rings. The lowest BCUT2D eigenvalue weighted by molar-refractivity contribution is 0.884. The fraction of sp³-hybridized carbons (Fsp3) is 0.500. The maximum Gasteiger partial charge on any atom is 0.0419 e. The van der Waals surface area contributed by atoms with Crippen LogP contribution in [0.1, 0.15) is 17.0 Å². The van der Waals surface area contributed by atoms with E-state index in [2.05, 4.69) is 11.1 Å². The van der Waals surface area contributed by atoms with E-state index in [0.717, 1.165) is 24.2 Å². The van der Waals surface area contributed by atoms with Crippen molar-refractivity contribution < 1.29 is 0 Å². The summed E-state index contributed by atoms with van der Waals surface area (Å²) in [7, 11) is 0. The molecule has 0 saturated carbocycles. The molecule has 0 saturated heterocycles. The first-order valence-corrected chi connectivity index (χ1v) is 4.63. The van der Waals surface area contributed by atoms with Gasteiger partial charge >= 0.3 is 0 Å². The van der Waals surface area contributed by atoms with Crippen LogP contribution in [0, 0.1) is 6.92 Å². The van der Waals surface area contributed by atoms with Gasteiger partial charge in [-0.15, -0.1) is 0 Å². The summed E-state index contributed by atoms with van der Waals surface area (Å²) in [4.78, 5) is 4.45. The molecule has 0 fully saturated rings. The first-order chi connectivity index (χ1) is 6.27. The lowest BCUT2D eigenvalue weighted by Gasteiger charge is -2.05. The normalized spacial score (nSPS) is 10.4. The van der Waals surface area contributed by atoms with Gasteiger partial charge in [-0.25, -0.2) is 0 Å². The Kier molecular flexibility index (Phi) is 3.86. The highest BCUT2D eigenvalue weighted by Gasteiger charge is 2.00. The van der Waals surface area contributed by atoms with E-state index < -0.39 is 0 Å². The monoisotopic (exact) mass is 179 g/mol. The van der Waals surface area contributed by atoms with Gasteiger partial charge < -0.3 is 11.5 Å². The highest BCUT2D eigenvalue weighted by atomic mass is 14.7. The van der Waals surface area contributed by atoms with E-state index in [-0.39, 0.29) is 0 Å². The minimum absolute atomic E-state index is 0.655. The number of nitrogens with two attached hydrogens (primary N) is 2. The minimum Gasteiger partial charge on any atom is -0.330 e. The van der Waals surface area contributed by atoms with Crippen molar-refractivity contribution in [2.75, 3.05) is 13.1 Å². The fourth-order valence-corrected chi connectivity index (χ4v) is 1.35. The molecule has 13 heavy (non-hydrogen) atoms. The molecule has 1 aromatic heterocycles. The second-order valence-electron chi connectivity index (χ2n) is 3.12. The van der Waals surface area contributed by atoms with Gasteiger partial charge in [0.25, 0.3) is 0 Å². The first-order valence-electron chi connectivity index (χ1n) is 4.63. The topological polar surface area (TPSA) is 64.9 Å². The van der Waals surface area contributed by atoms with Crippen LogP contribution in [0.4, 0.5) is 0 Å². The summed E-state index contributed by atoms with van der Waals surface area (Å²) < 4.78 is 0. The Hall–Kier alpha value is -0.930. The molecule has 4 N–H and O–H groups in total. The van der Waals surface area contributed by atoms with E-state index in [1.165, 1.54) is 5.56 Å². The van der Waals surface area contributed by atoms with Gasteiger partial charge in [0.2, 0.25) is 0 Å². The van der Waals surface area contributed by atoms with Crippen LogP contribution in [0.5, 0.6) is 0 Å². The Morgan fingerprint density at radius 1 is 1.15 bits per heavy atom. The zero-order valence-corrected chi connectivity index (χ0v) is 8.09. The SMILES string of the molecule is Cc1nc(CCN)ccc1CCN. The summed E-state index contributed by atoms with van der Waals surface area (Å²) in [5.74, 6) is 0. The number of pyridine rings is 1. The zero-order valence-electron chi connectivity index (χ0n) is 8.09. The first kappa shape index (κ1) is 10.2. The van der Waals surface area contributed by atoms with Crippen LogP contribution in [-0.4, -0.2) is 18.1 Å². The maximum atomic E-state index is 5.48. The number of rotatable bonds is 4. The predicted molar refractivity (Wildman–Crippen MR) is 54.5 cm³/mol. The lowest BCUT2D eigenvalue weighted by Crippen LogP contribution is -2.08. The molecule has 0 aromatic carbocycles. The molecule has 0 amide bonds. The van der Waals surface area contributed by atoms with Gasteiger partial charge in [0.1, 0.15) is 0 Å². The number of hydrogen-bond donors (Lipinski definition) is 2. The highest BCUT2D eigenvalue weighted by Crippen LogP contribution is 2.07. The molecule has 0 aliphatic carbocycles. The molecule has 0 unspecified atom stereocenters. The van der Waals surface area contributed by atoms with E-state index in [1.807, 2.05) is 13.0 Å². The van der Waals surface area contributed by atoms with Crippen LogP contribution >= 0.6 is 0 Å². The third-order valence-electron chi connectivity index (χ3n) is 2.07. The highest BCUT2D eigenvalue weighted by molar-refractivity contribution is 5.22. The lowest BCUT2D eigenvalue weighted by atomic mass is 10.1. The Labute approximate surface area is 79.2 Å². The van der Waals surface area contributed by atoms with E-state index in [1.54, 1.807) is 0 Å². The minimum atomic E-state index is 0.655. The number of aromatic nitrogens is 1. The standard InChI is InChI=1S/C10H17N3/c1-8-9(4-6-11)2-3-10(13-8)5-7-12/h2-3H,4-7,11-12H2,1H3. The van der Waals surface area contributed by atoms with Crippen LogP contribution in [0.15, 0.2) is 12.1 Å². The van der Waals surface area contributed by atoms with Crippen molar-refractivity contribution in [2.45, 2.75) is 19.8 Å². The summed E-state index contributed by atoms with van der Waals surface area (Å²) in [5.41, 5.74) is 14.3. The van der Waals surface area contributed by atoms with Crippen molar-refractivity contribution in [1.82, 2.24) is 4.98 Å². The van der Waals surface area contributed by atoms with Crippen molar-refractivity contribution in [3.8, 4) is 0 Å². The van der Waals surface area contributed by atoms with Gasteiger partial charge in [-0.1, -0.05) is 6.07 Å². The molecule has 0 atom stereocenters. The molecule has 0 spiro atoms. The Bertz CT molecular complexity index is 271. The molecule has 0 radical (unpaired) electrons. The summed E-state index contributed by atoms with van der Waals surface area (Å²) in [6, 6.07) is 4.13. The average molecular weight is 179 g/mol. The summed E-state index contributed by atoms with van der Waals surface area (Å²) >= 11 is 0. The summed E-state index contributed by atoms with van der Waals surface area (Å²) in [6.45, 7) is 3.35. The fourth-order valence-electron chi connectivity index (χ4n) is 1.35. The third-order valence-corrected chi connectivity index (χ3v) is 2.07. The second-order valence-corrected chi connectivity index (χ2v) is 3.12. The third kappa shape index (κ3) is 2.79. The van der Waals surface area contributed by atoms with Crippen LogP contribution in [0.3, 0.4) is 0 Å². The van der Waals surface area contributed by atoms with Crippen molar-refractivity contribution in [2.24, 2.45) is 11.5 Å². The maximum absolute atomic E-state index is 5.48. The van der Waals surface area contributed by atoms with E-state index in [0.29, 0.717) is 13.1 Å². The van der Waals surface area contributed by atoms with E-state index in [9.17, 15) is 0 Å². The smallest absolute Gasteiger partial charge is 0.0419 e. The van der Waals surface area contributed by atoms with Crippen LogP contribution in [-0.2, 0) is 12.8 Å². The molecule has 0 aliphatic rings. The van der Waals surface area contributed by atoms with Crippen molar-refractivity contribution in [3.05, 3.63) is 29.1 Å². The van der Waals surface area contributed by atoms with Crippen molar-refractivity contribution in [1.29, 1.82) is 0 Å². The van der Waals surface area contributed by atoms with E-state index >= 15 is 0 Å². The number of hydrogen-bond acceptors (Lipinski definition) is 3. The van der Waals surface area contributed by atoms with Gasteiger partial charge in [0.15, 0.2) is 0 Å². The molecule has 1 rings (SSSR count). The second kappa shape index (κ2) is 4.94. The molecule has 72 valence electrons. The zero-order chi connectivity index (χ0) is 9.68. The largest absolute Gasteiger partial charge is 0.330 e. The molecular weight excluding hydrogens is 162 g/mol. The molecule has 1 heterocycles. The van der Waals surface area contributed by atoms with Gasteiger partial charge in [-0.05, 0) is 38.1 Å². The summed E-state index contributed by atoms with van der Waals surface area (Å²) in [5, 5.41) is 0. The van der Waals surface area contributed by atoms with Crippen LogP contribution in [0.2, 0.25) is 0 Å². The van der Waals surface area contributed by atoms with Gasteiger partial charge in [0, 0.05) is 17.8 Å². The molecule has 3 heteroatoms. The van der Waals surface area contributed by atoms with Gasteiger partial charge in [0.05, 0.1) is 0 Å². The Morgan fingerprint density at radius 3 is 2.38 bits per heavy atom. The molecule has 0 aliphatic heterocycles. The summed E-state index contributed by atoms with van der Waals surface area (Å²) in [6.07, 6.45) is 1.76. The Balaban J connectivity index is 2.79. The van der Waals surface area contributed by atoms with E-state index in [4.69, 9.17) is 11.5 Å². The van der Waals surface area contributed by atoms with Crippen LogP contribution < -0.4 is 11.5 Å². The molecule has 0 bridgehead atoms. The predicted octanol–water partition coefficient (Wildman–Crippen LogP) is 0.392. The Morgan fingerprint density at radius 2 is 1.85 bits per heavy atom. The molecular formula is C10H17N3. The van der Waals surface area contributed by atoms with Crippen molar-refractivity contribution >= 4 is 0 Å².